The van der Waals surface area contributed by atoms with E-state index in [1.54, 1.807) is 21.0 Å². The Hall–Kier alpha value is -2.82. The molecule has 130 valence electrons. The van der Waals surface area contributed by atoms with Crippen molar-refractivity contribution in [2.24, 2.45) is 0 Å². The van der Waals surface area contributed by atoms with E-state index in [0.29, 0.717) is 0 Å². The van der Waals surface area contributed by atoms with E-state index in [1.165, 1.54) is 10.5 Å². The van der Waals surface area contributed by atoms with Gasteiger partial charge in [-0.15, -0.1) is 0 Å². The average molecular weight is 338 g/mol. The molecule has 1 aliphatic rings. The summed E-state index contributed by atoms with van der Waals surface area (Å²) in [5.74, 6) is 0.586. The molecule has 2 aromatic carbocycles. The summed E-state index contributed by atoms with van der Waals surface area (Å²) in [7, 11) is 1.64. The molecule has 1 heterocycles. The quantitative estimate of drug-likeness (QED) is 0.852. The van der Waals surface area contributed by atoms with Crippen LogP contribution in [0, 0.1) is 0 Å². The molecule has 3 amide bonds. The standard InChI is InChI=1S/C20H22N2O3/c1-20(2)18(23)22(19(24)21-20)13-15-9-10-17(25-3)16(12-15)11-14-7-5-4-6-8-14/h4-10,12H,11,13H2,1-3H3,(H,21,24). The molecule has 25 heavy (non-hydrogen) atoms. The van der Waals surface area contributed by atoms with Crippen LogP contribution < -0.4 is 10.1 Å². The number of amides is 3. The minimum Gasteiger partial charge on any atom is -0.496 e. The maximum Gasteiger partial charge on any atom is 0.325 e. The van der Waals surface area contributed by atoms with Crippen molar-refractivity contribution in [3.63, 3.8) is 0 Å². The zero-order valence-corrected chi connectivity index (χ0v) is 14.7. The molecule has 0 bridgehead atoms. The van der Waals surface area contributed by atoms with Gasteiger partial charge in [0.2, 0.25) is 0 Å². The molecule has 3 rings (SSSR count). The minimum atomic E-state index is -0.851. The average Bonchev–Trinajstić information content (AvgIpc) is 2.78. The first-order chi connectivity index (χ1) is 11.9. The number of hydrogen-bond donors (Lipinski definition) is 1. The van der Waals surface area contributed by atoms with Gasteiger partial charge in [0, 0.05) is 6.42 Å². The molecule has 0 unspecified atom stereocenters. The molecule has 5 nitrogen and oxygen atoms in total. The first-order valence-electron chi connectivity index (χ1n) is 8.24. The maximum atomic E-state index is 12.4. The highest BCUT2D eigenvalue weighted by molar-refractivity contribution is 6.06. The van der Waals surface area contributed by atoms with E-state index in [-0.39, 0.29) is 18.5 Å². The minimum absolute atomic E-state index is 0.210. The first kappa shape index (κ1) is 17.0. The lowest BCUT2D eigenvalue weighted by Crippen LogP contribution is -2.40. The van der Waals surface area contributed by atoms with Crippen LogP contribution in [0.3, 0.4) is 0 Å². The SMILES string of the molecule is COc1ccc(CN2C(=O)NC(C)(C)C2=O)cc1Cc1ccccc1. The predicted molar refractivity (Wildman–Crippen MR) is 95.4 cm³/mol. The van der Waals surface area contributed by atoms with E-state index in [9.17, 15) is 9.59 Å². The number of rotatable bonds is 5. The van der Waals surface area contributed by atoms with E-state index in [1.807, 2.05) is 36.4 Å². The Morgan fingerprint density at radius 3 is 2.36 bits per heavy atom. The summed E-state index contributed by atoms with van der Waals surface area (Å²) in [5, 5.41) is 2.70. The molecule has 1 N–H and O–H groups in total. The van der Waals surface area contributed by atoms with E-state index in [2.05, 4.69) is 17.4 Å². The van der Waals surface area contributed by atoms with Crippen molar-refractivity contribution in [1.29, 1.82) is 0 Å². The van der Waals surface area contributed by atoms with Crippen LogP contribution in [-0.4, -0.2) is 29.5 Å². The van der Waals surface area contributed by atoms with Gasteiger partial charge in [-0.05, 0) is 42.7 Å². The van der Waals surface area contributed by atoms with Gasteiger partial charge in [-0.2, -0.15) is 0 Å². The number of ether oxygens (including phenoxy) is 1. The summed E-state index contributed by atoms with van der Waals surface area (Å²) >= 11 is 0. The van der Waals surface area contributed by atoms with Gasteiger partial charge in [0.15, 0.2) is 0 Å². The van der Waals surface area contributed by atoms with Gasteiger partial charge >= 0.3 is 6.03 Å². The third-order valence-corrected chi connectivity index (χ3v) is 4.37. The third-order valence-electron chi connectivity index (χ3n) is 4.37. The fourth-order valence-electron chi connectivity index (χ4n) is 3.03. The van der Waals surface area contributed by atoms with Gasteiger partial charge in [0.25, 0.3) is 5.91 Å². The summed E-state index contributed by atoms with van der Waals surface area (Å²) < 4.78 is 5.46. The highest BCUT2D eigenvalue weighted by atomic mass is 16.5. The molecule has 5 heteroatoms. The molecule has 1 fully saturated rings. The lowest BCUT2D eigenvalue weighted by molar-refractivity contribution is -0.130. The van der Waals surface area contributed by atoms with Crippen molar-refractivity contribution in [1.82, 2.24) is 10.2 Å². The predicted octanol–water partition coefficient (Wildman–Crippen LogP) is 3.12. The number of imide groups is 1. The normalized spacial score (nSPS) is 16.0. The molecule has 2 aromatic rings. The molecular weight excluding hydrogens is 316 g/mol. The number of urea groups is 1. The number of carbonyl (C=O) groups excluding carboxylic acids is 2. The Labute approximate surface area is 147 Å². The Morgan fingerprint density at radius 2 is 1.76 bits per heavy atom. The summed E-state index contributed by atoms with van der Waals surface area (Å²) in [5.41, 5.74) is 2.25. The molecule has 0 saturated carbocycles. The molecule has 0 aromatic heterocycles. The molecule has 0 radical (unpaired) electrons. The van der Waals surface area contributed by atoms with Gasteiger partial charge in [0.1, 0.15) is 11.3 Å². The van der Waals surface area contributed by atoms with Crippen LogP contribution in [0.1, 0.15) is 30.5 Å². The van der Waals surface area contributed by atoms with Gasteiger partial charge in [-0.1, -0.05) is 36.4 Å². The second kappa shape index (κ2) is 6.59. The Balaban J connectivity index is 1.85. The van der Waals surface area contributed by atoms with Crippen LogP contribution >= 0.6 is 0 Å². The van der Waals surface area contributed by atoms with Crippen LogP contribution in [0.4, 0.5) is 4.79 Å². The van der Waals surface area contributed by atoms with Crippen LogP contribution in [0.2, 0.25) is 0 Å². The van der Waals surface area contributed by atoms with Crippen LogP contribution in [0.25, 0.3) is 0 Å². The summed E-state index contributed by atoms with van der Waals surface area (Å²) in [4.78, 5) is 25.7. The maximum absolute atomic E-state index is 12.4. The second-order valence-corrected chi connectivity index (χ2v) is 6.76. The second-order valence-electron chi connectivity index (χ2n) is 6.76. The summed E-state index contributed by atoms with van der Waals surface area (Å²) in [6.07, 6.45) is 0.726. The topological polar surface area (TPSA) is 58.6 Å². The first-order valence-corrected chi connectivity index (χ1v) is 8.24. The highest BCUT2D eigenvalue weighted by Gasteiger charge is 2.44. The lowest BCUT2D eigenvalue weighted by Gasteiger charge is -2.17. The van der Waals surface area contributed by atoms with Crippen molar-refractivity contribution in [3.8, 4) is 5.75 Å². The fraction of sp³-hybridized carbons (Fsp3) is 0.300. The smallest absolute Gasteiger partial charge is 0.325 e. The van der Waals surface area contributed by atoms with Gasteiger partial charge in [0.05, 0.1) is 13.7 Å². The number of methoxy groups -OCH3 is 1. The summed E-state index contributed by atoms with van der Waals surface area (Å²) in [6, 6.07) is 15.5. The van der Waals surface area contributed by atoms with Gasteiger partial charge < -0.3 is 10.1 Å². The zero-order chi connectivity index (χ0) is 18.0. The monoisotopic (exact) mass is 338 g/mol. The molecule has 0 atom stereocenters. The molecule has 1 aliphatic heterocycles. The Kier molecular flexibility index (Phi) is 4.49. The molecule has 0 aliphatic carbocycles. The Bertz CT molecular complexity index is 800. The van der Waals surface area contributed by atoms with Crippen molar-refractivity contribution in [2.75, 3.05) is 7.11 Å². The lowest BCUT2D eigenvalue weighted by atomic mass is 10.0. The number of carbonyl (C=O) groups is 2. The number of nitrogens with zero attached hydrogens (tertiary/aromatic N) is 1. The number of hydrogen-bond acceptors (Lipinski definition) is 3. The Morgan fingerprint density at radius 1 is 1.04 bits per heavy atom. The third kappa shape index (κ3) is 3.50. The van der Waals surface area contributed by atoms with E-state index in [0.717, 1.165) is 23.3 Å². The van der Waals surface area contributed by atoms with Crippen molar-refractivity contribution < 1.29 is 14.3 Å². The van der Waals surface area contributed by atoms with Crippen molar-refractivity contribution in [3.05, 3.63) is 65.2 Å². The van der Waals surface area contributed by atoms with Crippen LogP contribution in [-0.2, 0) is 17.8 Å². The molecule has 0 spiro atoms. The van der Waals surface area contributed by atoms with E-state index >= 15 is 0 Å². The zero-order valence-electron chi connectivity index (χ0n) is 14.7. The van der Waals surface area contributed by atoms with E-state index < -0.39 is 5.54 Å². The number of benzene rings is 2. The van der Waals surface area contributed by atoms with Crippen molar-refractivity contribution in [2.45, 2.75) is 32.4 Å². The van der Waals surface area contributed by atoms with Crippen molar-refractivity contribution >= 4 is 11.9 Å². The van der Waals surface area contributed by atoms with E-state index in [4.69, 9.17) is 4.74 Å². The fourth-order valence-corrected chi connectivity index (χ4v) is 3.03. The van der Waals surface area contributed by atoms with Gasteiger partial charge in [-0.25, -0.2) is 4.79 Å². The largest absolute Gasteiger partial charge is 0.496 e. The number of nitrogens with one attached hydrogen (secondary N) is 1. The van der Waals surface area contributed by atoms with Crippen LogP contribution in [0.5, 0.6) is 5.75 Å². The highest BCUT2D eigenvalue weighted by Crippen LogP contribution is 2.25. The summed E-state index contributed by atoms with van der Waals surface area (Å²) in [6.45, 7) is 3.67. The van der Waals surface area contributed by atoms with Crippen LogP contribution in [0.15, 0.2) is 48.5 Å². The van der Waals surface area contributed by atoms with Gasteiger partial charge in [-0.3, -0.25) is 9.69 Å². The molecular formula is C20H22N2O3. The molecule has 1 saturated heterocycles.